The molecule has 2 aromatic rings. The summed E-state index contributed by atoms with van der Waals surface area (Å²) >= 11 is 5.82. The van der Waals surface area contributed by atoms with Crippen molar-refractivity contribution < 1.29 is 14.6 Å². The Bertz CT molecular complexity index is 638. The van der Waals surface area contributed by atoms with Gasteiger partial charge in [0, 0.05) is 16.6 Å². The van der Waals surface area contributed by atoms with E-state index in [2.05, 4.69) is 5.32 Å². The molecule has 0 heterocycles. The third kappa shape index (κ3) is 5.27. The monoisotopic (exact) mass is 333 g/mol. The Kier molecular flexibility index (Phi) is 6.02. The van der Waals surface area contributed by atoms with Crippen LogP contribution in [0.5, 0.6) is 5.75 Å². The van der Waals surface area contributed by atoms with E-state index < -0.39 is 6.10 Å². The first-order chi connectivity index (χ1) is 11.0. The molecule has 4 nitrogen and oxygen atoms in total. The predicted molar refractivity (Wildman–Crippen MR) is 91.8 cm³/mol. The van der Waals surface area contributed by atoms with E-state index in [4.69, 9.17) is 16.3 Å². The molecule has 2 aromatic carbocycles. The van der Waals surface area contributed by atoms with E-state index in [0.717, 1.165) is 5.56 Å². The Morgan fingerprint density at radius 1 is 1.13 bits per heavy atom. The summed E-state index contributed by atoms with van der Waals surface area (Å²) in [5.41, 5.74) is 1.46. The molecule has 0 aromatic heterocycles. The SMILES string of the molecule is CC(C)C(=O)Nc1ccc(OCC(O)c2ccc(Cl)cc2)cc1. The smallest absolute Gasteiger partial charge is 0.226 e. The molecule has 2 rings (SSSR count). The Labute approximate surface area is 141 Å². The van der Waals surface area contributed by atoms with Crippen molar-refractivity contribution in [2.45, 2.75) is 20.0 Å². The molecule has 0 saturated carbocycles. The van der Waals surface area contributed by atoms with E-state index >= 15 is 0 Å². The third-order valence-corrected chi connectivity index (χ3v) is 3.56. The summed E-state index contributed by atoms with van der Waals surface area (Å²) in [6, 6.07) is 14.0. The minimum absolute atomic E-state index is 0.0307. The molecule has 1 amide bonds. The van der Waals surface area contributed by atoms with Gasteiger partial charge in [-0.05, 0) is 42.0 Å². The highest BCUT2D eigenvalue weighted by atomic mass is 35.5. The number of ether oxygens (including phenoxy) is 1. The fraction of sp³-hybridized carbons (Fsp3) is 0.278. The van der Waals surface area contributed by atoms with Crippen molar-refractivity contribution >= 4 is 23.2 Å². The number of anilines is 1. The second kappa shape index (κ2) is 7.99. The molecule has 0 fully saturated rings. The van der Waals surface area contributed by atoms with Crippen LogP contribution in [0.1, 0.15) is 25.5 Å². The molecular weight excluding hydrogens is 314 g/mol. The zero-order valence-electron chi connectivity index (χ0n) is 13.1. The molecule has 2 N–H and O–H groups in total. The predicted octanol–water partition coefficient (Wildman–Crippen LogP) is 4.05. The van der Waals surface area contributed by atoms with Gasteiger partial charge >= 0.3 is 0 Å². The minimum atomic E-state index is -0.729. The Balaban J connectivity index is 1.88. The number of hydrogen-bond acceptors (Lipinski definition) is 3. The second-order valence-corrected chi connectivity index (χ2v) is 5.98. The topological polar surface area (TPSA) is 58.6 Å². The summed E-state index contributed by atoms with van der Waals surface area (Å²) in [6.45, 7) is 3.81. The second-order valence-electron chi connectivity index (χ2n) is 5.55. The number of rotatable bonds is 6. The van der Waals surface area contributed by atoms with Gasteiger partial charge in [0.05, 0.1) is 0 Å². The molecule has 1 unspecified atom stereocenters. The van der Waals surface area contributed by atoms with Gasteiger partial charge in [-0.2, -0.15) is 0 Å². The Morgan fingerprint density at radius 3 is 2.30 bits per heavy atom. The molecule has 0 aliphatic carbocycles. The van der Waals surface area contributed by atoms with E-state index in [1.165, 1.54) is 0 Å². The van der Waals surface area contributed by atoms with E-state index in [1.807, 2.05) is 13.8 Å². The highest BCUT2D eigenvalue weighted by molar-refractivity contribution is 6.30. The average molecular weight is 334 g/mol. The van der Waals surface area contributed by atoms with Gasteiger partial charge in [0.25, 0.3) is 0 Å². The summed E-state index contributed by atoms with van der Waals surface area (Å²) in [4.78, 5) is 11.6. The normalized spacial score (nSPS) is 12.0. The Morgan fingerprint density at radius 2 is 1.74 bits per heavy atom. The summed E-state index contributed by atoms with van der Waals surface area (Å²) in [7, 11) is 0. The summed E-state index contributed by atoms with van der Waals surface area (Å²) in [5, 5.41) is 13.5. The van der Waals surface area contributed by atoms with Gasteiger partial charge in [-0.15, -0.1) is 0 Å². The molecular formula is C18H20ClNO3. The van der Waals surface area contributed by atoms with Crippen molar-refractivity contribution in [3.63, 3.8) is 0 Å². The first kappa shape index (κ1) is 17.3. The Hall–Kier alpha value is -2.04. The highest BCUT2D eigenvalue weighted by Crippen LogP contribution is 2.20. The molecule has 0 radical (unpaired) electrons. The zero-order chi connectivity index (χ0) is 16.8. The molecule has 0 bridgehead atoms. The van der Waals surface area contributed by atoms with Crippen LogP contribution in [-0.4, -0.2) is 17.6 Å². The molecule has 0 aliphatic heterocycles. The maximum Gasteiger partial charge on any atom is 0.226 e. The lowest BCUT2D eigenvalue weighted by Gasteiger charge is -2.13. The molecule has 5 heteroatoms. The van der Waals surface area contributed by atoms with E-state index in [9.17, 15) is 9.90 Å². The van der Waals surface area contributed by atoms with Crippen molar-refractivity contribution in [2.24, 2.45) is 5.92 Å². The first-order valence-corrected chi connectivity index (χ1v) is 7.81. The number of carbonyl (C=O) groups is 1. The van der Waals surface area contributed by atoms with Crippen LogP contribution in [0, 0.1) is 5.92 Å². The van der Waals surface area contributed by atoms with Crippen LogP contribution in [0.3, 0.4) is 0 Å². The fourth-order valence-electron chi connectivity index (χ4n) is 1.88. The number of amides is 1. The van der Waals surface area contributed by atoms with Gasteiger partial charge in [-0.25, -0.2) is 0 Å². The molecule has 23 heavy (non-hydrogen) atoms. The van der Waals surface area contributed by atoms with Gasteiger partial charge in [-0.1, -0.05) is 37.6 Å². The van der Waals surface area contributed by atoms with E-state index in [-0.39, 0.29) is 18.4 Å². The van der Waals surface area contributed by atoms with Crippen molar-refractivity contribution in [2.75, 3.05) is 11.9 Å². The van der Waals surface area contributed by atoms with Gasteiger partial charge in [0.15, 0.2) is 0 Å². The van der Waals surface area contributed by atoms with Crippen molar-refractivity contribution in [1.82, 2.24) is 0 Å². The third-order valence-electron chi connectivity index (χ3n) is 3.31. The lowest BCUT2D eigenvalue weighted by molar-refractivity contribution is -0.118. The lowest BCUT2D eigenvalue weighted by Crippen LogP contribution is -2.17. The maximum atomic E-state index is 11.6. The van der Waals surface area contributed by atoms with E-state index in [0.29, 0.717) is 16.5 Å². The van der Waals surface area contributed by atoms with E-state index in [1.54, 1.807) is 48.5 Å². The fourth-order valence-corrected chi connectivity index (χ4v) is 2.00. The summed E-state index contributed by atoms with van der Waals surface area (Å²) < 4.78 is 5.56. The van der Waals surface area contributed by atoms with Gasteiger partial charge in [0.2, 0.25) is 5.91 Å². The summed E-state index contributed by atoms with van der Waals surface area (Å²) in [5.74, 6) is 0.526. The molecule has 122 valence electrons. The minimum Gasteiger partial charge on any atom is -0.491 e. The van der Waals surface area contributed by atoms with Crippen LogP contribution in [0.2, 0.25) is 5.02 Å². The number of halogens is 1. The maximum absolute atomic E-state index is 11.6. The van der Waals surface area contributed by atoms with Gasteiger partial charge in [0.1, 0.15) is 18.5 Å². The quantitative estimate of drug-likeness (QED) is 0.838. The standard InChI is InChI=1S/C18H20ClNO3/c1-12(2)18(22)20-15-7-9-16(10-8-15)23-11-17(21)13-3-5-14(19)6-4-13/h3-10,12,17,21H,11H2,1-2H3,(H,20,22). The molecule has 1 atom stereocenters. The number of nitrogens with one attached hydrogen (secondary N) is 1. The summed E-state index contributed by atoms with van der Waals surface area (Å²) in [6.07, 6.45) is -0.729. The van der Waals surface area contributed by atoms with Crippen LogP contribution >= 0.6 is 11.6 Å². The van der Waals surface area contributed by atoms with Crippen LogP contribution in [0.15, 0.2) is 48.5 Å². The molecule has 0 spiro atoms. The number of benzene rings is 2. The van der Waals surface area contributed by atoms with Crippen molar-refractivity contribution in [3.05, 3.63) is 59.1 Å². The van der Waals surface area contributed by atoms with Crippen molar-refractivity contribution in [1.29, 1.82) is 0 Å². The van der Waals surface area contributed by atoms with Crippen LogP contribution in [-0.2, 0) is 4.79 Å². The highest BCUT2D eigenvalue weighted by Gasteiger charge is 2.09. The number of hydrogen-bond donors (Lipinski definition) is 2. The molecule has 0 aliphatic rings. The van der Waals surface area contributed by atoms with Crippen LogP contribution in [0.25, 0.3) is 0 Å². The van der Waals surface area contributed by atoms with Crippen LogP contribution < -0.4 is 10.1 Å². The first-order valence-electron chi connectivity index (χ1n) is 7.43. The van der Waals surface area contributed by atoms with Gasteiger partial charge in [-0.3, -0.25) is 4.79 Å². The lowest BCUT2D eigenvalue weighted by atomic mass is 10.1. The largest absolute Gasteiger partial charge is 0.491 e. The van der Waals surface area contributed by atoms with Gasteiger partial charge < -0.3 is 15.2 Å². The zero-order valence-corrected chi connectivity index (χ0v) is 13.9. The van der Waals surface area contributed by atoms with Crippen LogP contribution in [0.4, 0.5) is 5.69 Å². The van der Waals surface area contributed by atoms with Crippen molar-refractivity contribution in [3.8, 4) is 5.75 Å². The molecule has 0 saturated heterocycles. The number of aliphatic hydroxyl groups excluding tert-OH is 1. The average Bonchev–Trinajstić information content (AvgIpc) is 2.54. The number of aliphatic hydroxyl groups is 1. The number of carbonyl (C=O) groups excluding carboxylic acids is 1.